The van der Waals surface area contributed by atoms with Crippen molar-refractivity contribution in [2.75, 3.05) is 0 Å². The summed E-state index contributed by atoms with van der Waals surface area (Å²) in [6.45, 7) is 4.40. The van der Waals surface area contributed by atoms with Gasteiger partial charge in [-0.25, -0.2) is 0 Å². The summed E-state index contributed by atoms with van der Waals surface area (Å²) in [6, 6.07) is 17.8. The van der Waals surface area contributed by atoms with Crippen LogP contribution in [-0.4, -0.2) is 4.57 Å². The Morgan fingerprint density at radius 1 is 1.04 bits per heavy atom. The zero-order valence-corrected chi connectivity index (χ0v) is 15.0. The van der Waals surface area contributed by atoms with E-state index in [1.807, 2.05) is 12.3 Å². The largest absolute Gasteiger partial charge is 0.464 e. The maximum absolute atomic E-state index is 11.8. The zero-order chi connectivity index (χ0) is 17.9. The number of pyridine rings is 1. The van der Waals surface area contributed by atoms with E-state index < -0.39 is 0 Å². The molecular formula is C22H24N2O2. The molecule has 1 saturated carbocycles. The minimum absolute atomic E-state index is 0.0247. The van der Waals surface area contributed by atoms with Crippen molar-refractivity contribution in [3.05, 3.63) is 93.8 Å². The summed E-state index contributed by atoms with van der Waals surface area (Å²) in [5, 5.41) is 3.43. The molecule has 3 aromatic rings. The van der Waals surface area contributed by atoms with Gasteiger partial charge >= 0.3 is 0 Å². The van der Waals surface area contributed by atoms with Gasteiger partial charge in [-0.05, 0) is 41.7 Å². The molecule has 2 atom stereocenters. The van der Waals surface area contributed by atoms with E-state index in [-0.39, 0.29) is 5.56 Å². The Kier molecular flexibility index (Phi) is 4.76. The molecule has 4 nitrogen and oxygen atoms in total. The molecule has 0 spiro atoms. The third-order valence-electron chi connectivity index (χ3n) is 5.06. The molecule has 26 heavy (non-hydrogen) atoms. The van der Waals surface area contributed by atoms with Crippen LogP contribution in [0.15, 0.2) is 70.0 Å². The van der Waals surface area contributed by atoms with E-state index in [0.29, 0.717) is 12.5 Å². The monoisotopic (exact) mass is 348 g/mol. The van der Waals surface area contributed by atoms with Crippen LogP contribution in [0.3, 0.4) is 0 Å². The molecule has 134 valence electrons. The molecule has 0 aliphatic heterocycles. The summed E-state index contributed by atoms with van der Waals surface area (Å²) in [5.41, 5.74) is 2.37. The van der Waals surface area contributed by atoms with Crippen LogP contribution >= 0.6 is 0 Å². The van der Waals surface area contributed by atoms with E-state index in [1.165, 1.54) is 12.0 Å². The van der Waals surface area contributed by atoms with Crippen LogP contribution in [0, 0.1) is 5.92 Å². The molecule has 0 bridgehead atoms. The van der Waals surface area contributed by atoms with Gasteiger partial charge in [-0.15, -0.1) is 0 Å². The number of rotatable bonds is 7. The predicted octanol–water partition coefficient (Wildman–Crippen LogP) is 3.90. The van der Waals surface area contributed by atoms with Gasteiger partial charge in [0, 0.05) is 24.7 Å². The lowest BCUT2D eigenvalue weighted by Gasteiger charge is -2.07. The number of nitrogens with one attached hydrogen (secondary N) is 1. The fraction of sp³-hybridized carbons (Fsp3) is 0.318. The van der Waals surface area contributed by atoms with Gasteiger partial charge in [0.2, 0.25) is 0 Å². The average Bonchev–Trinajstić information content (AvgIpc) is 3.19. The molecule has 4 heteroatoms. The van der Waals surface area contributed by atoms with Crippen molar-refractivity contribution < 1.29 is 4.42 Å². The van der Waals surface area contributed by atoms with Crippen molar-refractivity contribution >= 4 is 0 Å². The van der Waals surface area contributed by atoms with Gasteiger partial charge in [-0.3, -0.25) is 4.79 Å². The van der Waals surface area contributed by atoms with Crippen LogP contribution in [0.1, 0.15) is 41.9 Å². The second-order valence-electron chi connectivity index (χ2n) is 7.21. The molecule has 1 aromatic carbocycles. The minimum Gasteiger partial charge on any atom is -0.464 e. The first-order chi connectivity index (χ1) is 12.7. The molecule has 1 fully saturated rings. The molecule has 0 saturated heterocycles. The topological polar surface area (TPSA) is 47.2 Å². The molecule has 1 aliphatic rings. The van der Waals surface area contributed by atoms with Crippen LogP contribution in [-0.2, 0) is 19.6 Å². The normalized spacial score (nSPS) is 18.8. The lowest BCUT2D eigenvalue weighted by molar-refractivity contribution is 0.444. The van der Waals surface area contributed by atoms with Gasteiger partial charge in [0.15, 0.2) is 0 Å². The zero-order valence-electron chi connectivity index (χ0n) is 15.0. The highest BCUT2D eigenvalue weighted by Gasteiger charge is 2.36. The molecule has 4 rings (SSSR count). The van der Waals surface area contributed by atoms with E-state index in [1.54, 1.807) is 16.7 Å². The third-order valence-corrected chi connectivity index (χ3v) is 5.06. The van der Waals surface area contributed by atoms with E-state index >= 15 is 0 Å². The highest BCUT2D eigenvalue weighted by molar-refractivity contribution is 5.23. The lowest BCUT2D eigenvalue weighted by atomic mass is 10.1. The first-order valence-corrected chi connectivity index (χ1v) is 9.21. The van der Waals surface area contributed by atoms with Gasteiger partial charge in [0.05, 0.1) is 13.1 Å². The van der Waals surface area contributed by atoms with Crippen LogP contribution in [0.2, 0.25) is 0 Å². The molecule has 2 aromatic heterocycles. The Labute approximate surface area is 153 Å². The van der Waals surface area contributed by atoms with Gasteiger partial charge in [0.1, 0.15) is 11.5 Å². The lowest BCUT2D eigenvalue weighted by Crippen LogP contribution is -2.18. The number of nitrogens with zero attached hydrogens (tertiary/aromatic N) is 1. The van der Waals surface area contributed by atoms with Gasteiger partial charge in [0.25, 0.3) is 5.56 Å². The molecule has 0 amide bonds. The van der Waals surface area contributed by atoms with Crippen LogP contribution in [0.4, 0.5) is 0 Å². The first kappa shape index (κ1) is 16.9. The van der Waals surface area contributed by atoms with Crippen molar-refractivity contribution in [1.82, 2.24) is 9.88 Å². The molecule has 2 heterocycles. The Morgan fingerprint density at radius 2 is 1.81 bits per heavy atom. The van der Waals surface area contributed by atoms with E-state index in [0.717, 1.165) is 36.1 Å². The molecule has 2 unspecified atom stereocenters. The van der Waals surface area contributed by atoms with E-state index in [4.69, 9.17) is 4.42 Å². The number of aromatic nitrogens is 1. The van der Waals surface area contributed by atoms with Crippen molar-refractivity contribution in [2.24, 2.45) is 5.92 Å². The van der Waals surface area contributed by atoms with Gasteiger partial charge in [-0.2, -0.15) is 0 Å². The maximum atomic E-state index is 11.8. The van der Waals surface area contributed by atoms with Gasteiger partial charge in [-0.1, -0.05) is 37.3 Å². The van der Waals surface area contributed by atoms with Crippen molar-refractivity contribution in [1.29, 1.82) is 0 Å². The van der Waals surface area contributed by atoms with Crippen LogP contribution < -0.4 is 10.9 Å². The predicted molar refractivity (Wildman–Crippen MR) is 102 cm³/mol. The number of furan rings is 1. The Bertz CT molecular complexity index is 924. The van der Waals surface area contributed by atoms with E-state index in [2.05, 4.69) is 48.6 Å². The van der Waals surface area contributed by atoms with Crippen molar-refractivity contribution in [3.8, 4) is 0 Å². The highest BCUT2D eigenvalue weighted by Crippen LogP contribution is 2.47. The smallest absolute Gasteiger partial charge is 0.250 e. The van der Waals surface area contributed by atoms with Crippen LogP contribution in [0.5, 0.6) is 0 Å². The Morgan fingerprint density at radius 3 is 2.54 bits per heavy atom. The fourth-order valence-corrected chi connectivity index (χ4v) is 3.29. The van der Waals surface area contributed by atoms with Crippen LogP contribution in [0.25, 0.3) is 0 Å². The summed E-state index contributed by atoms with van der Waals surface area (Å²) in [7, 11) is 0. The summed E-state index contributed by atoms with van der Waals surface area (Å²) in [5.74, 6) is 3.54. The fourth-order valence-electron chi connectivity index (χ4n) is 3.29. The average molecular weight is 348 g/mol. The minimum atomic E-state index is 0.0247. The quantitative estimate of drug-likeness (QED) is 0.704. The standard InChI is InChI=1S/C22H24N2O2/c1-16-12-20(16)21-10-9-19(26-21)14-23-13-17-5-7-18(8-6-17)15-24-11-3-2-4-22(24)25/h2-11,16,20,23H,12-15H2,1H3. The Balaban J connectivity index is 1.28. The maximum Gasteiger partial charge on any atom is 0.250 e. The van der Waals surface area contributed by atoms with Crippen molar-refractivity contribution in [3.63, 3.8) is 0 Å². The first-order valence-electron chi connectivity index (χ1n) is 9.21. The van der Waals surface area contributed by atoms with Crippen molar-refractivity contribution in [2.45, 2.75) is 38.9 Å². The summed E-state index contributed by atoms with van der Waals surface area (Å²) in [6.07, 6.45) is 3.07. The number of benzene rings is 1. The molecule has 1 aliphatic carbocycles. The second kappa shape index (κ2) is 7.34. The third kappa shape index (κ3) is 3.97. The number of hydrogen-bond acceptors (Lipinski definition) is 3. The number of hydrogen-bond donors (Lipinski definition) is 1. The van der Waals surface area contributed by atoms with Gasteiger partial charge < -0.3 is 14.3 Å². The molecule has 1 N–H and O–H groups in total. The summed E-state index contributed by atoms with van der Waals surface area (Å²) < 4.78 is 7.63. The summed E-state index contributed by atoms with van der Waals surface area (Å²) >= 11 is 0. The molecular weight excluding hydrogens is 324 g/mol. The highest BCUT2D eigenvalue weighted by atomic mass is 16.3. The SMILES string of the molecule is CC1CC1c1ccc(CNCc2ccc(Cn3ccccc3=O)cc2)o1. The Hall–Kier alpha value is -2.59. The van der Waals surface area contributed by atoms with E-state index in [9.17, 15) is 4.79 Å². The molecule has 0 radical (unpaired) electrons. The summed E-state index contributed by atoms with van der Waals surface area (Å²) in [4.78, 5) is 11.8. The second-order valence-corrected chi connectivity index (χ2v) is 7.21.